The highest BCUT2D eigenvalue weighted by molar-refractivity contribution is 6.43. The van der Waals surface area contributed by atoms with E-state index < -0.39 is 11.8 Å². The first-order chi connectivity index (χ1) is 10.9. The van der Waals surface area contributed by atoms with Crippen LogP contribution in [0.1, 0.15) is 22.8 Å². The zero-order chi connectivity index (χ0) is 17.0. The molecule has 118 valence electrons. The summed E-state index contributed by atoms with van der Waals surface area (Å²) in [6.45, 7) is 3.30. The zero-order valence-electron chi connectivity index (χ0n) is 12.8. The number of hydrogen-bond donors (Lipinski definition) is 3. The van der Waals surface area contributed by atoms with Gasteiger partial charge in [0.25, 0.3) is 0 Å². The Morgan fingerprint density at radius 2 is 1.52 bits per heavy atom. The predicted octanol–water partition coefficient (Wildman–Crippen LogP) is 2.36. The monoisotopic (exact) mass is 311 g/mol. The minimum Gasteiger partial charge on any atom is -0.397 e. The first-order valence-corrected chi connectivity index (χ1v) is 6.96. The van der Waals surface area contributed by atoms with Crippen molar-refractivity contribution in [1.82, 2.24) is 0 Å². The predicted molar refractivity (Wildman–Crippen MR) is 89.3 cm³/mol. The first kappa shape index (κ1) is 16.2. The molecule has 2 aromatic carbocycles. The summed E-state index contributed by atoms with van der Waals surface area (Å²) in [4.78, 5) is 35.0. The molecule has 2 aromatic rings. The largest absolute Gasteiger partial charge is 0.397 e. The van der Waals surface area contributed by atoms with Gasteiger partial charge in [-0.25, -0.2) is 0 Å². The molecule has 0 heterocycles. The Labute approximate surface area is 133 Å². The van der Waals surface area contributed by atoms with Gasteiger partial charge in [-0.05, 0) is 55.8 Å². The van der Waals surface area contributed by atoms with Gasteiger partial charge >= 0.3 is 11.8 Å². The fourth-order valence-corrected chi connectivity index (χ4v) is 1.93. The van der Waals surface area contributed by atoms with Crippen LogP contribution < -0.4 is 16.4 Å². The van der Waals surface area contributed by atoms with Gasteiger partial charge in [0.15, 0.2) is 5.78 Å². The highest BCUT2D eigenvalue weighted by Crippen LogP contribution is 2.19. The van der Waals surface area contributed by atoms with E-state index in [0.717, 1.165) is 5.56 Å². The van der Waals surface area contributed by atoms with E-state index in [1.54, 1.807) is 36.4 Å². The van der Waals surface area contributed by atoms with Crippen LogP contribution in [0.2, 0.25) is 0 Å². The Hall–Kier alpha value is -3.15. The van der Waals surface area contributed by atoms with Crippen molar-refractivity contribution >= 4 is 34.7 Å². The van der Waals surface area contributed by atoms with Gasteiger partial charge in [-0.2, -0.15) is 0 Å². The Morgan fingerprint density at radius 1 is 0.913 bits per heavy atom. The lowest BCUT2D eigenvalue weighted by molar-refractivity contribution is -0.132. The summed E-state index contributed by atoms with van der Waals surface area (Å²) in [6, 6.07) is 11.4. The van der Waals surface area contributed by atoms with Gasteiger partial charge in [-0.15, -0.1) is 0 Å². The minimum absolute atomic E-state index is 0.0736. The summed E-state index contributed by atoms with van der Waals surface area (Å²) in [6.07, 6.45) is 0. The van der Waals surface area contributed by atoms with Crippen LogP contribution in [0.5, 0.6) is 0 Å². The van der Waals surface area contributed by atoms with Crippen LogP contribution in [-0.2, 0) is 9.59 Å². The minimum atomic E-state index is -0.821. The summed E-state index contributed by atoms with van der Waals surface area (Å²) in [5.74, 6) is -1.71. The number of Topliss-reactive ketones (excluding diaryl/α,β-unsaturated/α-hetero) is 1. The fourth-order valence-electron chi connectivity index (χ4n) is 1.93. The van der Waals surface area contributed by atoms with Gasteiger partial charge < -0.3 is 16.4 Å². The van der Waals surface area contributed by atoms with Crippen molar-refractivity contribution in [1.29, 1.82) is 0 Å². The van der Waals surface area contributed by atoms with Gasteiger partial charge in [0, 0.05) is 11.3 Å². The Kier molecular flexibility index (Phi) is 4.75. The van der Waals surface area contributed by atoms with Crippen molar-refractivity contribution in [3.05, 3.63) is 53.6 Å². The maximum absolute atomic E-state index is 11.9. The smallest absolute Gasteiger partial charge is 0.314 e. The van der Waals surface area contributed by atoms with E-state index in [1.807, 2.05) is 13.0 Å². The van der Waals surface area contributed by atoms with Crippen LogP contribution in [0, 0.1) is 6.92 Å². The van der Waals surface area contributed by atoms with Gasteiger partial charge in [0.05, 0.1) is 11.4 Å². The van der Waals surface area contributed by atoms with Gasteiger partial charge in [0.2, 0.25) is 0 Å². The molecule has 0 saturated heterocycles. The van der Waals surface area contributed by atoms with Gasteiger partial charge in [-0.3, -0.25) is 14.4 Å². The van der Waals surface area contributed by atoms with Crippen molar-refractivity contribution in [3.63, 3.8) is 0 Å². The SMILES string of the molecule is CC(=O)c1ccc(NC(=O)C(=O)Nc2cc(C)ccc2N)cc1. The average molecular weight is 311 g/mol. The third kappa shape index (κ3) is 4.16. The number of anilines is 3. The summed E-state index contributed by atoms with van der Waals surface area (Å²) in [5, 5.41) is 4.93. The number of benzene rings is 2. The zero-order valence-corrected chi connectivity index (χ0v) is 12.8. The fraction of sp³-hybridized carbons (Fsp3) is 0.118. The Balaban J connectivity index is 2.03. The van der Waals surface area contributed by atoms with Crippen molar-refractivity contribution < 1.29 is 14.4 Å². The van der Waals surface area contributed by atoms with Crippen LogP contribution in [0.3, 0.4) is 0 Å². The lowest BCUT2D eigenvalue weighted by Gasteiger charge is -2.09. The number of nitrogens with one attached hydrogen (secondary N) is 2. The molecule has 0 aromatic heterocycles. The molecule has 2 amide bonds. The second-order valence-electron chi connectivity index (χ2n) is 5.13. The summed E-state index contributed by atoms with van der Waals surface area (Å²) >= 11 is 0. The quantitative estimate of drug-likeness (QED) is 0.460. The molecule has 0 aliphatic heterocycles. The maximum Gasteiger partial charge on any atom is 0.314 e. The normalized spacial score (nSPS) is 10.0. The summed E-state index contributed by atoms with van der Waals surface area (Å²) < 4.78 is 0. The Bertz CT molecular complexity index is 767. The second kappa shape index (κ2) is 6.74. The van der Waals surface area contributed by atoms with Crippen molar-refractivity contribution in [2.24, 2.45) is 0 Å². The molecule has 0 unspecified atom stereocenters. The molecule has 0 bridgehead atoms. The molecule has 23 heavy (non-hydrogen) atoms. The van der Waals surface area contributed by atoms with Crippen LogP contribution in [0.25, 0.3) is 0 Å². The van der Waals surface area contributed by atoms with Crippen molar-refractivity contribution in [2.45, 2.75) is 13.8 Å². The van der Waals surface area contributed by atoms with E-state index in [0.29, 0.717) is 22.6 Å². The van der Waals surface area contributed by atoms with Crippen LogP contribution in [0.4, 0.5) is 17.1 Å². The highest BCUT2D eigenvalue weighted by Gasteiger charge is 2.15. The van der Waals surface area contributed by atoms with Crippen LogP contribution in [-0.4, -0.2) is 17.6 Å². The average Bonchev–Trinajstić information content (AvgIpc) is 2.51. The number of aryl methyl sites for hydroxylation is 1. The summed E-state index contributed by atoms with van der Waals surface area (Å²) in [5.41, 5.74) is 8.38. The number of nitrogens with two attached hydrogens (primary N) is 1. The van der Waals surface area contributed by atoms with E-state index in [1.165, 1.54) is 6.92 Å². The number of carbonyl (C=O) groups is 3. The van der Waals surface area contributed by atoms with Crippen LogP contribution in [0.15, 0.2) is 42.5 Å². The molecule has 0 spiro atoms. The molecule has 0 atom stereocenters. The Morgan fingerprint density at radius 3 is 2.13 bits per heavy atom. The molecule has 0 aliphatic rings. The van der Waals surface area contributed by atoms with Gasteiger partial charge in [0.1, 0.15) is 0 Å². The lowest BCUT2D eigenvalue weighted by Crippen LogP contribution is -2.29. The molecule has 0 aliphatic carbocycles. The second-order valence-corrected chi connectivity index (χ2v) is 5.13. The number of ketones is 1. The standard InChI is InChI=1S/C17H17N3O3/c1-10-3-8-14(18)15(9-10)20-17(23)16(22)19-13-6-4-12(5-7-13)11(2)21/h3-9H,18H2,1-2H3,(H,19,22)(H,20,23). The first-order valence-electron chi connectivity index (χ1n) is 6.96. The van der Waals surface area contributed by atoms with E-state index in [2.05, 4.69) is 10.6 Å². The topological polar surface area (TPSA) is 101 Å². The molecule has 6 heteroatoms. The lowest BCUT2D eigenvalue weighted by atomic mass is 10.1. The van der Waals surface area contributed by atoms with E-state index in [9.17, 15) is 14.4 Å². The number of hydrogen-bond acceptors (Lipinski definition) is 4. The molecule has 0 radical (unpaired) electrons. The van der Waals surface area contributed by atoms with Gasteiger partial charge in [-0.1, -0.05) is 6.07 Å². The number of rotatable bonds is 3. The third-order valence-electron chi connectivity index (χ3n) is 3.21. The molecule has 2 rings (SSSR count). The molecule has 0 fully saturated rings. The molecule has 6 nitrogen and oxygen atoms in total. The van der Waals surface area contributed by atoms with E-state index in [4.69, 9.17) is 5.73 Å². The summed E-state index contributed by atoms with van der Waals surface area (Å²) in [7, 11) is 0. The maximum atomic E-state index is 11.9. The third-order valence-corrected chi connectivity index (χ3v) is 3.21. The molecular weight excluding hydrogens is 294 g/mol. The van der Waals surface area contributed by atoms with Crippen LogP contribution >= 0.6 is 0 Å². The van der Waals surface area contributed by atoms with E-state index >= 15 is 0 Å². The van der Waals surface area contributed by atoms with Crippen molar-refractivity contribution in [2.75, 3.05) is 16.4 Å². The number of amides is 2. The van der Waals surface area contributed by atoms with E-state index in [-0.39, 0.29) is 5.78 Å². The molecular formula is C17H17N3O3. The number of nitrogen functional groups attached to an aromatic ring is 1. The molecule has 4 N–H and O–H groups in total. The molecule has 0 saturated carbocycles. The number of carbonyl (C=O) groups excluding carboxylic acids is 3. The highest BCUT2D eigenvalue weighted by atomic mass is 16.2. The van der Waals surface area contributed by atoms with Crippen molar-refractivity contribution in [3.8, 4) is 0 Å².